The van der Waals surface area contributed by atoms with Crippen molar-refractivity contribution in [3.05, 3.63) is 63.7 Å². The van der Waals surface area contributed by atoms with E-state index in [1.54, 1.807) is 30.3 Å². The van der Waals surface area contributed by atoms with Gasteiger partial charge in [-0.3, -0.25) is 14.9 Å². The summed E-state index contributed by atoms with van der Waals surface area (Å²) in [4.78, 5) is 37.6. The number of ether oxygens (including phenoxy) is 2. The van der Waals surface area contributed by atoms with Gasteiger partial charge in [0.25, 0.3) is 5.69 Å². The fourth-order valence-corrected chi connectivity index (χ4v) is 3.20. The normalized spacial score (nSPS) is 13.2. The maximum atomic E-state index is 12.6. The second kappa shape index (κ2) is 8.51. The third kappa shape index (κ3) is 4.11. The molecule has 0 amide bonds. The molecule has 2 aromatic carbocycles. The van der Waals surface area contributed by atoms with Gasteiger partial charge in [-0.2, -0.15) is 0 Å². The van der Waals surface area contributed by atoms with Crippen molar-refractivity contribution in [3.8, 4) is 5.75 Å². The smallest absolute Gasteiger partial charge is 0.340 e. The molecular weight excluding hydrogens is 364 g/mol. The largest absolute Gasteiger partial charge is 0.496 e. The van der Waals surface area contributed by atoms with Crippen molar-refractivity contribution >= 4 is 23.1 Å². The zero-order valence-electron chi connectivity index (χ0n) is 15.4. The number of nitro benzene ring substituents is 1. The lowest BCUT2D eigenvalue weighted by molar-refractivity contribution is -0.384. The molecule has 0 radical (unpaired) electrons. The fraction of sp³-hybridized carbons (Fsp3) is 0.300. The number of nitrogens with zero attached hydrogens (tertiary/aromatic N) is 2. The monoisotopic (exact) mass is 384 g/mol. The van der Waals surface area contributed by atoms with Crippen LogP contribution >= 0.6 is 0 Å². The molecule has 8 nitrogen and oxygen atoms in total. The third-order valence-electron chi connectivity index (χ3n) is 4.60. The molecule has 8 heteroatoms. The van der Waals surface area contributed by atoms with E-state index >= 15 is 0 Å². The Morgan fingerprint density at radius 3 is 2.50 bits per heavy atom. The molecule has 0 saturated carbocycles. The van der Waals surface area contributed by atoms with Crippen molar-refractivity contribution in [1.29, 1.82) is 0 Å². The highest BCUT2D eigenvalue weighted by Crippen LogP contribution is 2.29. The van der Waals surface area contributed by atoms with Gasteiger partial charge < -0.3 is 14.4 Å². The average Bonchev–Trinajstić information content (AvgIpc) is 3.25. The number of esters is 1. The second-order valence-corrected chi connectivity index (χ2v) is 6.35. The van der Waals surface area contributed by atoms with Crippen LogP contribution in [0.5, 0.6) is 5.75 Å². The van der Waals surface area contributed by atoms with Gasteiger partial charge in [0, 0.05) is 25.2 Å². The van der Waals surface area contributed by atoms with E-state index in [1.165, 1.54) is 19.2 Å². The van der Waals surface area contributed by atoms with Crippen molar-refractivity contribution in [2.24, 2.45) is 0 Å². The first-order valence-corrected chi connectivity index (χ1v) is 8.88. The lowest BCUT2D eigenvalue weighted by atomic mass is 10.1. The Bertz CT molecular complexity index is 905. The second-order valence-electron chi connectivity index (χ2n) is 6.35. The number of methoxy groups -OCH3 is 1. The molecule has 0 aliphatic carbocycles. The number of hydrogen-bond acceptors (Lipinski definition) is 7. The fourth-order valence-electron chi connectivity index (χ4n) is 3.20. The molecule has 0 bridgehead atoms. The number of Topliss-reactive ketones (excluding diaryl/α,β-unsaturated/α-hetero) is 1. The highest BCUT2D eigenvalue weighted by atomic mass is 16.6. The lowest BCUT2D eigenvalue weighted by Gasteiger charge is -2.20. The van der Waals surface area contributed by atoms with E-state index in [9.17, 15) is 19.7 Å². The summed E-state index contributed by atoms with van der Waals surface area (Å²) < 4.78 is 10.3. The maximum Gasteiger partial charge on any atom is 0.340 e. The number of para-hydroxylation sites is 1. The molecular formula is C20H20N2O6. The van der Waals surface area contributed by atoms with Crippen molar-refractivity contribution in [2.75, 3.05) is 31.7 Å². The van der Waals surface area contributed by atoms with Gasteiger partial charge in [-0.15, -0.1) is 0 Å². The Kier molecular flexibility index (Phi) is 5.88. The average molecular weight is 384 g/mol. The minimum atomic E-state index is -0.770. The number of non-ortho nitro benzene ring substituents is 1. The van der Waals surface area contributed by atoms with Crippen LogP contribution in [0, 0.1) is 10.1 Å². The molecule has 146 valence electrons. The summed E-state index contributed by atoms with van der Waals surface area (Å²) in [6.45, 7) is 1.04. The number of carbonyl (C=O) groups excluding carboxylic acids is 2. The molecule has 1 aliphatic heterocycles. The summed E-state index contributed by atoms with van der Waals surface area (Å²) in [5.74, 6) is -0.801. The third-order valence-corrected chi connectivity index (χ3v) is 4.60. The van der Waals surface area contributed by atoms with Gasteiger partial charge in [0.2, 0.25) is 5.78 Å². The first kappa shape index (κ1) is 19.3. The van der Waals surface area contributed by atoms with Crippen molar-refractivity contribution in [2.45, 2.75) is 12.8 Å². The summed E-state index contributed by atoms with van der Waals surface area (Å²) in [7, 11) is 1.45. The predicted molar refractivity (Wildman–Crippen MR) is 102 cm³/mol. The molecule has 0 N–H and O–H groups in total. The van der Waals surface area contributed by atoms with Gasteiger partial charge in [0.1, 0.15) is 5.75 Å². The van der Waals surface area contributed by atoms with Crippen molar-refractivity contribution < 1.29 is 24.0 Å². The molecule has 1 fully saturated rings. The Morgan fingerprint density at radius 2 is 1.82 bits per heavy atom. The van der Waals surface area contributed by atoms with E-state index in [-0.39, 0.29) is 11.3 Å². The molecule has 0 spiro atoms. The van der Waals surface area contributed by atoms with Gasteiger partial charge in [-0.1, -0.05) is 12.1 Å². The lowest BCUT2D eigenvalue weighted by Crippen LogP contribution is -2.22. The van der Waals surface area contributed by atoms with Crippen LogP contribution in [0.1, 0.15) is 33.6 Å². The summed E-state index contributed by atoms with van der Waals surface area (Å²) in [5, 5.41) is 11.1. The van der Waals surface area contributed by atoms with Crippen LogP contribution in [0.2, 0.25) is 0 Å². The molecule has 0 unspecified atom stereocenters. The van der Waals surface area contributed by atoms with Gasteiger partial charge in [0.05, 0.1) is 28.8 Å². The Hall–Kier alpha value is -3.42. The summed E-state index contributed by atoms with van der Waals surface area (Å²) in [6, 6.07) is 10.8. The van der Waals surface area contributed by atoms with E-state index in [2.05, 4.69) is 0 Å². The van der Waals surface area contributed by atoms with Crippen molar-refractivity contribution in [3.63, 3.8) is 0 Å². The predicted octanol–water partition coefficient (Wildman–Crippen LogP) is 3.24. The SMILES string of the molecule is COc1ccccc1C(=O)COC(=O)c1cc([N+](=O)[O-])ccc1N1CCCC1. The van der Waals surface area contributed by atoms with Crippen LogP contribution in [-0.2, 0) is 4.74 Å². The number of ketones is 1. The summed E-state index contributed by atoms with van der Waals surface area (Å²) in [5.41, 5.74) is 0.768. The van der Waals surface area contributed by atoms with Crippen LogP contribution in [0.4, 0.5) is 11.4 Å². The molecule has 1 aliphatic rings. The number of benzene rings is 2. The molecule has 2 aromatic rings. The van der Waals surface area contributed by atoms with Gasteiger partial charge in [0.15, 0.2) is 6.61 Å². The topological polar surface area (TPSA) is 99.0 Å². The first-order valence-electron chi connectivity index (χ1n) is 8.88. The highest BCUT2D eigenvalue weighted by Gasteiger charge is 2.24. The van der Waals surface area contributed by atoms with Crippen LogP contribution in [0.25, 0.3) is 0 Å². The first-order chi connectivity index (χ1) is 13.5. The zero-order chi connectivity index (χ0) is 20.1. The van der Waals surface area contributed by atoms with Gasteiger partial charge in [-0.25, -0.2) is 4.79 Å². The quantitative estimate of drug-likeness (QED) is 0.313. The van der Waals surface area contributed by atoms with Gasteiger partial charge >= 0.3 is 5.97 Å². The molecule has 1 heterocycles. The van der Waals surface area contributed by atoms with E-state index in [4.69, 9.17) is 9.47 Å². The minimum absolute atomic E-state index is 0.0870. The standard InChI is InChI=1S/C20H20N2O6/c1-27-19-7-3-2-6-15(19)18(23)13-28-20(24)16-12-14(22(25)26)8-9-17(16)21-10-4-5-11-21/h2-3,6-9,12H,4-5,10-11,13H2,1H3. The van der Waals surface area contributed by atoms with Crippen LogP contribution in [0.3, 0.4) is 0 Å². The Morgan fingerprint density at radius 1 is 1.11 bits per heavy atom. The summed E-state index contributed by atoms with van der Waals surface area (Å²) in [6.07, 6.45) is 1.97. The molecule has 0 atom stereocenters. The van der Waals surface area contributed by atoms with E-state index in [0.717, 1.165) is 25.9 Å². The minimum Gasteiger partial charge on any atom is -0.496 e. The van der Waals surface area contributed by atoms with Crippen LogP contribution in [0.15, 0.2) is 42.5 Å². The maximum absolute atomic E-state index is 12.6. The molecule has 0 aromatic heterocycles. The number of carbonyl (C=O) groups is 2. The molecule has 28 heavy (non-hydrogen) atoms. The van der Waals surface area contributed by atoms with Gasteiger partial charge in [-0.05, 0) is 31.0 Å². The number of rotatable bonds is 7. The molecule has 3 rings (SSSR count). The van der Waals surface area contributed by atoms with E-state index in [1.807, 2.05) is 4.90 Å². The molecule has 1 saturated heterocycles. The van der Waals surface area contributed by atoms with Crippen LogP contribution in [-0.4, -0.2) is 43.5 Å². The number of hydrogen-bond donors (Lipinski definition) is 0. The van der Waals surface area contributed by atoms with E-state index < -0.39 is 23.3 Å². The number of nitro groups is 1. The highest BCUT2D eigenvalue weighted by molar-refractivity contribution is 6.02. The number of anilines is 1. The zero-order valence-corrected chi connectivity index (χ0v) is 15.4. The Balaban J connectivity index is 1.80. The van der Waals surface area contributed by atoms with Crippen LogP contribution < -0.4 is 9.64 Å². The van der Waals surface area contributed by atoms with Crippen molar-refractivity contribution in [1.82, 2.24) is 0 Å². The van der Waals surface area contributed by atoms with E-state index in [0.29, 0.717) is 17.0 Å². The Labute approximate surface area is 161 Å². The summed E-state index contributed by atoms with van der Waals surface area (Å²) >= 11 is 0.